The molecular formula is C15H15N3O. The fourth-order valence-electron chi connectivity index (χ4n) is 2.16. The Morgan fingerprint density at radius 2 is 2.00 bits per heavy atom. The van der Waals surface area contributed by atoms with E-state index in [2.05, 4.69) is 4.98 Å². The molecule has 4 N–H and O–H groups in total. The number of aryl methyl sites for hydroxylation is 1. The van der Waals surface area contributed by atoms with Crippen molar-refractivity contribution >= 4 is 16.8 Å². The molecule has 3 aromatic rings. The van der Waals surface area contributed by atoms with Crippen LogP contribution < -0.4 is 11.5 Å². The quantitative estimate of drug-likeness (QED) is 0.736. The standard InChI is InChI=1S/C15H15N3O/c1-9-6-11(15(17)18-8-9)14(16)13-7-10-4-2-3-5-12(10)19-13/h2-8,14H,16H2,1H3,(H2,17,18). The Bertz CT molecular complexity index is 700. The first-order valence-corrected chi connectivity index (χ1v) is 6.11. The third kappa shape index (κ3) is 2.06. The van der Waals surface area contributed by atoms with Crippen molar-refractivity contribution in [3.63, 3.8) is 0 Å². The smallest absolute Gasteiger partial charge is 0.134 e. The van der Waals surface area contributed by atoms with Crippen molar-refractivity contribution in [3.05, 3.63) is 59.5 Å². The van der Waals surface area contributed by atoms with Crippen LogP contribution in [0.3, 0.4) is 0 Å². The summed E-state index contributed by atoms with van der Waals surface area (Å²) in [5, 5.41) is 1.03. The molecule has 0 saturated carbocycles. The van der Waals surface area contributed by atoms with Crippen molar-refractivity contribution in [2.24, 2.45) is 5.73 Å². The zero-order valence-electron chi connectivity index (χ0n) is 10.6. The van der Waals surface area contributed by atoms with Crippen molar-refractivity contribution in [2.45, 2.75) is 13.0 Å². The first-order chi connectivity index (χ1) is 9.15. The first-order valence-electron chi connectivity index (χ1n) is 6.11. The van der Waals surface area contributed by atoms with Gasteiger partial charge in [-0.2, -0.15) is 0 Å². The van der Waals surface area contributed by atoms with Gasteiger partial charge in [-0.15, -0.1) is 0 Å². The number of fused-ring (bicyclic) bond motifs is 1. The van der Waals surface area contributed by atoms with E-state index >= 15 is 0 Å². The number of hydrogen-bond donors (Lipinski definition) is 2. The van der Waals surface area contributed by atoms with E-state index < -0.39 is 6.04 Å². The summed E-state index contributed by atoms with van der Waals surface area (Å²) < 4.78 is 5.77. The summed E-state index contributed by atoms with van der Waals surface area (Å²) in [6, 6.07) is 11.3. The number of nitrogens with two attached hydrogens (primary N) is 2. The maximum Gasteiger partial charge on any atom is 0.134 e. The lowest BCUT2D eigenvalue weighted by molar-refractivity contribution is 0.525. The minimum Gasteiger partial charge on any atom is -0.459 e. The topological polar surface area (TPSA) is 78.1 Å². The van der Waals surface area contributed by atoms with Crippen LogP contribution in [0.5, 0.6) is 0 Å². The summed E-state index contributed by atoms with van der Waals surface area (Å²) in [4.78, 5) is 4.14. The van der Waals surface area contributed by atoms with E-state index in [4.69, 9.17) is 15.9 Å². The predicted octanol–water partition coefficient (Wildman–Crippen LogP) is 2.77. The highest BCUT2D eigenvalue weighted by Gasteiger charge is 2.17. The number of aromatic nitrogens is 1. The molecule has 0 bridgehead atoms. The Kier molecular flexibility index (Phi) is 2.72. The summed E-state index contributed by atoms with van der Waals surface area (Å²) in [6.07, 6.45) is 1.73. The van der Waals surface area contributed by atoms with Gasteiger partial charge in [0.15, 0.2) is 0 Å². The molecule has 0 spiro atoms. The average Bonchev–Trinajstić information content (AvgIpc) is 2.84. The van der Waals surface area contributed by atoms with Gasteiger partial charge in [-0.25, -0.2) is 4.98 Å². The molecule has 0 amide bonds. The van der Waals surface area contributed by atoms with Gasteiger partial charge in [-0.05, 0) is 30.7 Å². The van der Waals surface area contributed by atoms with Gasteiger partial charge in [0.2, 0.25) is 0 Å². The second-order valence-electron chi connectivity index (χ2n) is 4.65. The minimum atomic E-state index is -0.403. The lowest BCUT2D eigenvalue weighted by Crippen LogP contribution is -2.14. The molecular weight excluding hydrogens is 238 g/mol. The fraction of sp³-hybridized carbons (Fsp3) is 0.133. The van der Waals surface area contributed by atoms with Gasteiger partial charge >= 0.3 is 0 Å². The van der Waals surface area contributed by atoms with Gasteiger partial charge in [0.05, 0.1) is 6.04 Å². The number of nitrogens with zero attached hydrogens (tertiary/aromatic N) is 1. The summed E-state index contributed by atoms with van der Waals surface area (Å²) in [5.41, 5.74) is 14.8. The molecule has 1 unspecified atom stereocenters. The van der Waals surface area contributed by atoms with Gasteiger partial charge in [-0.3, -0.25) is 0 Å². The van der Waals surface area contributed by atoms with E-state index in [0.717, 1.165) is 22.1 Å². The fourth-order valence-corrected chi connectivity index (χ4v) is 2.16. The number of nitrogen functional groups attached to an aromatic ring is 1. The van der Waals surface area contributed by atoms with Gasteiger partial charge in [0.1, 0.15) is 17.2 Å². The van der Waals surface area contributed by atoms with Crippen LogP contribution >= 0.6 is 0 Å². The van der Waals surface area contributed by atoms with Crippen LogP contribution in [0.4, 0.5) is 5.82 Å². The lowest BCUT2D eigenvalue weighted by atomic mass is 10.0. The second-order valence-corrected chi connectivity index (χ2v) is 4.65. The Morgan fingerprint density at radius 3 is 2.79 bits per heavy atom. The highest BCUT2D eigenvalue weighted by Crippen LogP contribution is 2.28. The summed E-state index contributed by atoms with van der Waals surface area (Å²) >= 11 is 0. The molecule has 1 aromatic carbocycles. The predicted molar refractivity (Wildman–Crippen MR) is 75.6 cm³/mol. The van der Waals surface area contributed by atoms with Crippen molar-refractivity contribution < 1.29 is 4.42 Å². The molecule has 19 heavy (non-hydrogen) atoms. The van der Waals surface area contributed by atoms with Gasteiger partial charge in [0.25, 0.3) is 0 Å². The number of anilines is 1. The summed E-state index contributed by atoms with van der Waals surface area (Å²) in [7, 11) is 0. The normalized spacial score (nSPS) is 12.7. The number of rotatable bonds is 2. The molecule has 0 aliphatic rings. The maximum absolute atomic E-state index is 6.24. The monoisotopic (exact) mass is 253 g/mol. The lowest BCUT2D eigenvalue weighted by Gasteiger charge is -2.11. The summed E-state index contributed by atoms with van der Waals surface area (Å²) in [5.74, 6) is 1.14. The molecule has 3 rings (SSSR count). The van der Waals surface area contributed by atoms with E-state index in [1.165, 1.54) is 0 Å². The molecule has 0 aliphatic heterocycles. The van der Waals surface area contributed by atoms with Crippen molar-refractivity contribution in [1.29, 1.82) is 0 Å². The van der Waals surface area contributed by atoms with E-state index in [0.29, 0.717) is 11.6 Å². The molecule has 1 atom stereocenters. The molecule has 0 fully saturated rings. The first kappa shape index (κ1) is 11.7. The molecule has 0 radical (unpaired) electrons. The number of hydrogen-bond acceptors (Lipinski definition) is 4. The number of para-hydroxylation sites is 1. The average molecular weight is 253 g/mol. The van der Waals surface area contributed by atoms with Crippen LogP contribution in [0.1, 0.15) is 22.9 Å². The van der Waals surface area contributed by atoms with Gasteiger partial charge in [0, 0.05) is 17.1 Å². The van der Waals surface area contributed by atoms with E-state index in [9.17, 15) is 0 Å². The number of furan rings is 1. The van der Waals surface area contributed by atoms with Crippen LogP contribution in [0.2, 0.25) is 0 Å². The SMILES string of the molecule is Cc1cnc(N)c(C(N)c2cc3ccccc3o2)c1. The molecule has 2 heterocycles. The van der Waals surface area contributed by atoms with Crippen LogP contribution in [-0.4, -0.2) is 4.98 Å². The largest absolute Gasteiger partial charge is 0.459 e. The zero-order chi connectivity index (χ0) is 13.4. The van der Waals surface area contributed by atoms with E-state index in [1.807, 2.05) is 43.3 Å². The molecule has 0 aliphatic carbocycles. The Balaban J connectivity index is 2.07. The van der Waals surface area contributed by atoms with Crippen LogP contribution in [0.25, 0.3) is 11.0 Å². The maximum atomic E-state index is 6.24. The van der Waals surface area contributed by atoms with Crippen molar-refractivity contribution in [3.8, 4) is 0 Å². The van der Waals surface area contributed by atoms with Crippen LogP contribution in [0, 0.1) is 6.92 Å². The van der Waals surface area contributed by atoms with Crippen molar-refractivity contribution in [1.82, 2.24) is 4.98 Å². The van der Waals surface area contributed by atoms with E-state index in [-0.39, 0.29) is 0 Å². The zero-order valence-corrected chi connectivity index (χ0v) is 10.6. The molecule has 4 heteroatoms. The third-order valence-corrected chi connectivity index (χ3v) is 3.17. The highest BCUT2D eigenvalue weighted by atomic mass is 16.3. The van der Waals surface area contributed by atoms with Crippen molar-refractivity contribution in [2.75, 3.05) is 5.73 Å². The minimum absolute atomic E-state index is 0.403. The molecule has 96 valence electrons. The van der Waals surface area contributed by atoms with Crippen LogP contribution in [0.15, 0.2) is 47.0 Å². The van der Waals surface area contributed by atoms with Gasteiger partial charge < -0.3 is 15.9 Å². The highest BCUT2D eigenvalue weighted by molar-refractivity contribution is 5.78. The second kappa shape index (κ2) is 4.40. The van der Waals surface area contributed by atoms with E-state index in [1.54, 1.807) is 6.20 Å². The number of benzene rings is 1. The van der Waals surface area contributed by atoms with Gasteiger partial charge in [-0.1, -0.05) is 18.2 Å². The molecule has 2 aromatic heterocycles. The Morgan fingerprint density at radius 1 is 1.21 bits per heavy atom. The summed E-state index contributed by atoms with van der Waals surface area (Å²) in [6.45, 7) is 1.96. The Hall–Kier alpha value is -2.33. The third-order valence-electron chi connectivity index (χ3n) is 3.17. The molecule has 4 nitrogen and oxygen atoms in total. The van der Waals surface area contributed by atoms with Crippen LogP contribution in [-0.2, 0) is 0 Å². The Labute approximate surface area is 111 Å². The molecule has 0 saturated heterocycles. The number of pyridine rings is 1.